The maximum absolute atomic E-state index is 4.82. The summed E-state index contributed by atoms with van der Waals surface area (Å²) in [4.78, 5) is 4.82. The molecule has 3 aliphatic heterocycles. The normalized spacial score (nSPS) is 31.7. The maximum Gasteiger partial charge on any atom is 0.0981 e. The first kappa shape index (κ1) is 15.5. The number of nitrogens with zero attached hydrogens (tertiary/aromatic N) is 1. The molecule has 2 unspecified atom stereocenters. The molecule has 0 spiro atoms. The monoisotopic (exact) mass is 330 g/mol. The predicted molar refractivity (Wildman–Crippen MR) is 99.0 cm³/mol. The topological polar surface area (TPSA) is 48.4 Å². The number of hydrogen-bond acceptors (Lipinski definition) is 5. The van der Waals surface area contributed by atoms with Crippen molar-refractivity contribution in [3.05, 3.63) is 35.1 Å². The van der Waals surface area contributed by atoms with Crippen LogP contribution < -0.4 is 16.0 Å². The Morgan fingerprint density at radius 3 is 2.87 bits per heavy atom. The Morgan fingerprint density at radius 2 is 2.09 bits per heavy atom. The van der Waals surface area contributed by atoms with Crippen molar-refractivity contribution >= 4 is 16.8 Å². The molecule has 3 N–H and O–H groups in total. The predicted octanol–water partition coefficient (Wildman–Crippen LogP) is 1.83. The fourth-order valence-corrected chi connectivity index (χ4v) is 4.73. The molecule has 5 heteroatoms. The van der Waals surface area contributed by atoms with Gasteiger partial charge in [0.25, 0.3) is 0 Å². The molecule has 4 nitrogen and oxygen atoms in total. The largest absolute Gasteiger partial charge is 0.385 e. The molecular formula is C18H26N4S. The summed E-state index contributed by atoms with van der Waals surface area (Å²) in [5.74, 6) is 1.59. The molecule has 0 aromatic carbocycles. The Balaban J connectivity index is 1.60. The molecule has 0 aromatic heterocycles. The van der Waals surface area contributed by atoms with Crippen molar-refractivity contribution in [2.24, 2.45) is 10.9 Å². The van der Waals surface area contributed by atoms with Gasteiger partial charge in [0.2, 0.25) is 0 Å². The Bertz CT molecular complexity index is 584. The summed E-state index contributed by atoms with van der Waals surface area (Å²) in [6, 6.07) is 1.05. The molecule has 1 aliphatic carbocycles. The summed E-state index contributed by atoms with van der Waals surface area (Å²) in [7, 11) is 0. The highest BCUT2D eigenvalue weighted by Gasteiger charge is 2.28. The lowest BCUT2D eigenvalue weighted by Crippen LogP contribution is -2.43. The molecule has 124 valence electrons. The lowest BCUT2D eigenvalue weighted by Gasteiger charge is -2.34. The van der Waals surface area contributed by atoms with Crippen LogP contribution in [0.1, 0.15) is 19.8 Å². The quantitative estimate of drug-likeness (QED) is 0.739. The standard InChI is InChI=1S/C18H26N4S/c1-12-11-23-18(21-12)14-8-13-2-5-20-10-16(13)17(9-14)22-15-3-6-19-7-4-15/h2,8-9,12,15-16,19-20,22H,3-7,10-11H2,1H3. The number of aliphatic imine (C=N–C) groups is 1. The third kappa shape index (κ3) is 3.42. The minimum atomic E-state index is 0.449. The summed E-state index contributed by atoms with van der Waals surface area (Å²) in [5, 5.41) is 12.0. The molecule has 0 radical (unpaired) electrons. The summed E-state index contributed by atoms with van der Waals surface area (Å²) >= 11 is 1.90. The molecule has 23 heavy (non-hydrogen) atoms. The van der Waals surface area contributed by atoms with E-state index >= 15 is 0 Å². The zero-order valence-electron chi connectivity index (χ0n) is 13.8. The van der Waals surface area contributed by atoms with Gasteiger partial charge in [0.1, 0.15) is 0 Å². The van der Waals surface area contributed by atoms with Crippen LogP contribution in [0, 0.1) is 5.92 Å². The molecule has 0 saturated carbocycles. The third-order valence-corrected chi connectivity index (χ3v) is 6.26. The molecule has 0 bridgehead atoms. The molecule has 4 aliphatic rings. The van der Waals surface area contributed by atoms with Crippen LogP contribution in [0.5, 0.6) is 0 Å². The molecule has 1 fully saturated rings. The fourth-order valence-electron chi connectivity index (χ4n) is 3.72. The van der Waals surface area contributed by atoms with Crippen molar-refractivity contribution in [2.75, 3.05) is 31.9 Å². The van der Waals surface area contributed by atoms with Crippen LogP contribution in [0.4, 0.5) is 0 Å². The number of piperidine rings is 1. The van der Waals surface area contributed by atoms with Gasteiger partial charge >= 0.3 is 0 Å². The molecule has 4 rings (SSSR count). The molecule has 0 aromatic rings. The van der Waals surface area contributed by atoms with E-state index in [0.29, 0.717) is 18.0 Å². The number of allylic oxidation sites excluding steroid dienone is 2. The van der Waals surface area contributed by atoms with Crippen LogP contribution in [0.25, 0.3) is 0 Å². The van der Waals surface area contributed by atoms with Gasteiger partial charge in [0.05, 0.1) is 11.1 Å². The summed E-state index contributed by atoms with van der Waals surface area (Å²) < 4.78 is 0. The van der Waals surface area contributed by atoms with Gasteiger partial charge < -0.3 is 16.0 Å². The van der Waals surface area contributed by atoms with E-state index < -0.39 is 0 Å². The number of nitrogens with one attached hydrogen (secondary N) is 3. The number of hydrogen-bond donors (Lipinski definition) is 3. The van der Waals surface area contributed by atoms with Crippen molar-refractivity contribution in [2.45, 2.75) is 31.8 Å². The zero-order chi connectivity index (χ0) is 15.6. The van der Waals surface area contributed by atoms with Gasteiger partial charge in [-0.3, -0.25) is 4.99 Å². The highest BCUT2D eigenvalue weighted by Crippen LogP contribution is 2.33. The zero-order valence-corrected chi connectivity index (χ0v) is 14.6. The van der Waals surface area contributed by atoms with Crippen LogP contribution in [0.15, 0.2) is 40.1 Å². The lowest BCUT2D eigenvalue weighted by molar-refractivity contribution is 0.395. The number of thioether (sulfide) groups is 1. The Hall–Kier alpha value is -1.04. The minimum Gasteiger partial charge on any atom is -0.385 e. The van der Waals surface area contributed by atoms with E-state index in [2.05, 4.69) is 41.1 Å². The number of rotatable bonds is 3. The first-order valence-corrected chi connectivity index (χ1v) is 9.80. The van der Waals surface area contributed by atoms with Crippen LogP contribution in [-0.4, -0.2) is 49.1 Å². The summed E-state index contributed by atoms with van der Waals surface area (Å²) in [6.45, 7) is 6.47. The van der Waals surface area contributed by atoms with Crippen molar-refractivity contribution in [1.82, 2.24) is 16.0 Å². The third-order valence-electron chi connectivity index (χ3n) is 5.00. The fraction of sp³-hybridized carbons (Fsp3) is 0.611. The van der Waals surface area contributed by atoms with Gasteiger partial charge in [-0.05, 0) is 50.6 Å². The van der Waals surface area contributed by atoms with Gasteiger partial charge in [-0.15, -0.1) is 11.8 Å². The van der Waals surface area contributed by atoms with E-state index in [1.54, 1.807) is 0 Å². The van der Waals surface area contributed by atoms with Crippen LogP contribution in [0.3, 0.4) is 0 Å². The van der Waals surface area contributed by atoms with E-state index in [0.717, 1.165) is 31.9 Å². The average molecular weight is 331 g/mol. The van der Waals surface area contributed by atoms with Crippen LogP contribution >= 0.6 is 11.8 Å². The van der Waals surface area contributed by atoms with E-state index in [4.69, 9.17) is 4.99 Å². The Labute approximate surface area is 143 Å². The molecule has 2 atom stereocenters. The molecule has 3 heterocycles. The summed E-state index contributed by atoms with van der Waals surface area (Å²) in [6.07, 6.45) is 9.49. The molecule has 1 saturated heterocycles. The van der Waals surface area contributed by atoms with Gasteiger partial charge in [-0.1, -0.05) is 6.08 Å². The van der Waals surface area contributed by atoms with Gasteiger partial charge in [0, 0.05) is 42.1 Å². The van der Waals surface area contributed by atoms with Gasteiger partial charge in [-0.2, -0.15) is 0 Å². The van der Waals surface area contributed by atoms with Crippen molar-refractivity contribution in [3.63, 3.8) is 0 Å². The van der Waals surface area contributed by atoms with Gasteiger partial charge in [-0.25, -0.2) is 0 Å². The maximum atomic E-state index is 4.82. The molecular weight excluding hydrogens is 304 g/mol. The highest BCUT2D eigenvalue weighted by atomic mass is 32.2. The second kappa shape index (κ2) is 6.83. The molecule has 0 amide bonds. The van der Waals surface area contributed by atoms with E-state index in [9.17, 15) is 0 Å². The Kier molecular flexibility index (Phi) is 4.60. The second-order valence-corrected chi connectivity index (χ2v) is 7.89. The van der Waals surface area contributed by atoms with Gasteiger partial charge in [0.15, 0.2) is 0 Å². The van der Waals surface area contributed by atoms with E-state index in [1.807, 2.05) is 11.8 Å². The van der Waals surface area contributed by atoms with E-state index in [1.165, 1.54) is 34.7 Å². The van der Waals surface area contributed by atoms with Crippen LogP contribution in [-0.2, 0) is 0 Å². The average Bonchev–Trinajstić information content (AvgIpc) is 3.02. The smallest absolute Gasteiger partial charge is 0.0981 e. The Morgan fingerprint density at radius 1 is 1.22 bits per heavy atom. The SMILES string of the molecule is CC1CSC(C2=CC3=CCNCC3C(NC3CCNCC3)=C2)=N1. The number of fused-ring (bicyclic) bond motifs is 1. The van der Waals surface area contributed by atoms with Crippen molar-refractivity contribution < 1.29 is 0 Å². The first-order valence-electron chi connectivity index (χ1n) is 8.82. The first-order chi connectivity index (χ1) is 11.3. The van der Waals surface area contributed by atoms with Crippen molar-refractivity contribution in [3.8, 4) is 0 Å². The minimum absolute atomic E-state index is 0.449. The van der Waals surface area contributed by atoms with E-state index in [-0.39, 0.29) is 0 Å². The lowest BCUT2D eigenvalue weighted by atomic mass is 9.85. The van der Waals surface area contributed by atoms with Crippen LogP contribution in [0.2, 0.25) is 0 Å². The highest BCUT2D eigenvalue weighted by molar-refractivity contribution is 8.14. The second-order valence-electron chi connectivity index (χ2n) is 6.88. The summed E-state index contributed by atoms with van der Waals surface area (Å²) in [5.41, 5.74) is 4.15. The van der Waals surface area contributed by atoms with Crippen molar-refractivity contribution in [1.29, 1.82) is 0 Å².